The number of methoxy groups -OCH3 is 1. The molecule has 32 heavy (non-hydrogen) atoms. The molecule has 7 heteroatoms. The number of rotatable bonds is 8. The van der Waals surface area contributed by atoms with Crippen LogP contribution in [-0.2, 0) is 4.79 Å². The van der Waals surface area contributed by atoms with Crippen molar-refractivity contribution in [3.63, 3.8) is 0 Å². The average Bonchev–Trinajstić information content (AvgIpc) is 3.59. The number of halogens is 1. The highest BCUT2D eigenvalue weighted by Gasteiger charge is 2.49. The van der Waals surface area contributed by atoms with E-state index >= 15 is 0 Å². The Morgan fingerprint density at radius 2 is 1.91 bits per heavy atom. The van der Waals surface area contributed by atoms with E-state index in [-0.39, 0.29) is 23.2 Å². The lowest BCUT2D eigenvalue weighted by Crippen LogP contribution is -2.23. The van der Waals surface area contributed by atoms with E-state index in [4.69, 9.17) is 9.84 Å². The van der Waals surface area contributed by atoms with Crippen LogP contribution in [0.2, 0.25) is 0 Å². The molecule has 6 nitrogen and oxygen atoms in total. The first kappa shape index (κ1) is 21.7. The van der Waals surface area contributed by atoms with Gasteiger partial charge in [0.15, 0.2) is 5.78 Å². The first-order chi connectivity index (χ1) is 15.3. The van der Waals surface area contributed by atoms with Crippen LogP contribution in [0.1, 0.15) is 30.8 Å². The van der Waals surface area contributed by atoms with Gasteiger partial charge in [-0.1, -0.05) is 38.1 Å². The summed E-state index contributed by atoms with van der Waals surface area (Å²) in [4.78, 5) is 30.3. The van der Waals surface area contributed by atoms with Crippen molar-refractivity contribution in [2.45, 2.75) is 20.3 Å². The molecule has 2 aromatic carbocycles. The minimum Gasteiger partial charge on any atom is -0.494 e. The number of hydrogen-bond donors (Lipinski definition) is 1. The number of fused-ring (bicyclic) bond motifs is 1. The summed E-state index contributed by atoms with van der Waals surface area (Å²) >= 11 is 0. The van der Waals surface area contributed by atoms with Crippen LogP contribution >= 0.6 is 0 Å². The number of ketones is 1. The number of carboxylic acids is 1. The van der Waals surface area contributed by atoms with Crippen molar-refractivity contribution in [3.8, 4) is 5.75 Å². The van der Waals surface area contributed by atoms with Gasteiger partial charge in [-0.2, -0.15) is 0 Å². The van der Waals surface area contributed by atoms with Crippen molar-refractivity contribution < 1.29 is 23.8 Å². The molecule has 0 spiro atoms. The van der Waals surface area contributed by atoms with Gasteiger partial charge in [0.1, 0.15) is 17.3 Å². The predicted molar refractivity (Wildman–Crippen MR) is 120 cm³/mol. The van der Waals surface area contributed by atoms with Gasteiger partial charge in [-0.05, 0) is 24.5 Å². The highest BCUT2D eigenvalue weighted by molar-refractivity contribution is 6.03. The number of carbonyl (C=O) groups is 2. The van der Waals surface area contributed by atoms with Gasteiger partial charge in [-0.3, -0.25) is 9.59 Å². The lowest BCUT2D eigenvalue weighted by atomic mass is 10.0. The second kappa shape index (κ2) is 8.57. The van der Waals surface area contributed by atoms with Crippen LogP contribution in [0.4, 0.5) is 15.8 Å². The molecule has 0 unspecified atom stereocenters. The third kappa shape index (κ3) is 4.02. The number of carbonyl (C=O) groups excluding carboxylic acids is 1. The third-order valence-electron chi connectivity index (χ3n) is 5.73. The maximum absolute atomic E-state index is 14.4. The molecule has 1 aliphatic carbocycles. The van der Waals surface area contributed by atoms with E-state index in [2.05, 4.69) is 18.8 Å². The zero-order valence-corrected chi connectivity index (χ0v) is 18.2. The fourth-order valence-corrected chi connectivity index (χ4v) is 4.05. The molecule has 1 N–H and O–H groups in total. The van der Waals surface area contributed by atoms with Gasteiger partial charge in [0.2, 0.25) is 0 Å². The quantitative estimate of drug-likeness (QED) is 0.496. The largest absolute Gasteiger partial charge is 0.494 e. The highest BCUT2D eigenvalue weighted by atomic mass is 19.1. The van der Waals surface area contributed by atoms with Crippen molar-refractivity contribution in [2.75, 3.05) is 18.6 Å². The molecule has 4 rings (SSSR count). The Bertz CT molecular complexity index is 1190. The number of Topliss-reactive ketones (excluding diaryl/α,β-unsaturated/α-hetero) is 1. The molecule has 1 heterocycles. The summed E-state index contributed by atoms with van der Waals surface area (Å²) in [6, 6.07) is 12.2. The van der Waals surface area contributed by atoms with Crippen LogP contribution in [-0.4, -0.2) is 35.5 Å². The first-order valence-electron chi connectivity index (χ1n) is 10.6. The molecular weight excluding hydrogens is 411 g/mol. The Balaban J connectivity index is 1.76. The van der Waals surface area contributed by atoms with Crippen molar-refractivity contribution in [2.24, 2.45) is 17.8 Å². The van der Waals surface area contributed by atoms with Gasteiger partial charge in [0, 0.05) is 35.0 Å². The van der Waals surface area contributed by atoms with Crippen LogP contribution in [0, 0.1) is 23.6 Å². The maximum Gasteiger partial charge on any atom is 0.307 e. The maximum atomic E-state index is 14.4. The van der Waals surface area contributed by atoms with Crippen molar-refractivity contribution in [1.29, 1.82) is 0 Å². The number of carboxylic acid groups (broad SMARTS) is 1. The number of aromatic nitrogens is 1. The number of benzene rings is 2. The molecule has 1 aromatic heterocycles. The van der Waals surface area contributed by atoms with Gasteiger partial charge >= 0.3 is 5.97 Å². The summed E-state index contributed by atoms with van der Waals surface area (Å²) in [5.74, 6) is -2.21. The SMILES string of the molecule is COc1cc(N(CC(C)C)c2ccc(F)c3ccccc23)cnc1C(=O)[C@H]1C[C@@H]1C(=O)O. The van der Waals surface area contributed by atoms with E-state index in [0.29, 0.717) is 29.8 Å². The van der Waals surface area contributed by atoms with Crippen molar-refractivity contribution >= 4 is 33.9 Å². The lowest BCUT2D eigenvalue weighted by molar-refractivity contribution is -0.138. The molecule has 0 saturated heterocycles. The van der Waals surface area contributed by atoms with Crippen LogP contribution in [0.15, 0.2) is 48.7 Å². The Morgan fingerprint density at radius 1 is 1.19 bits per heavy atom. The van der Waals surface area contributed by atoms with Crippen LogP contribution in [0.3, 0.4) is 0 Å². The topological polar surface area (TPSA) is 79.7 Å². The van der Waals surface area contributed by atoms with E-state index in [1.165, 1.54) is 13.2 Å². The standard InChI is InChI=1S/C25H25FN2O4/c1-14(2)13-28(21-9-8-20(26)16-6-4-5-7-17(16)21)15-10-22(32-3)23(27-12-15)24(29)18-11-19(18)25(30)31/h4-10,12,14,18-19H,11,13H2,1-3H3,(H,30,31)/t18-,19-/m0/s1. The molecule has 0 radical (unpaired) electrons. The van der Waals surface area contributed by atoms with E-state index in [0.717, 1.165) is 11.1 Å². The van der Waals surface area contributed by atoms with Gasteiger partial charge in [-0.15, -0.1) is 0 Å². The van der Waals surface area contributed by atoms with Gasteiger partial charge in [-0.25, -0.2) is 9.37 Å². The second-order valence-electron chi connectivity index (χ2n) is 8.51. The predicted octanol–water partition coefficient (Wildman–Crippen LogP) is 5.08. The van der Waals surface area contributed by atoms with Crippen LogP contribution < -0.4 is 9.64 Å². The summed E-state index contributed by atoms with van der Waals surface area (Å²) in [5, 5.41) is 10.4. The summed E-state index contributed by atoms with van der Waals surface area (Å²) in [6.45, 7) is 4.80. The minimum absolute atomic E-state index is 0.137. The highest BCUT2D eigenvalue weighted by Crippen LogP contribution is 2.43. The summed E-state index contributed by atoms with van der Waals surface area (Å²) in [6.07, 6.45) is 1.91. The number of anilines is 2. The molecule has 1 saturated carbocycles. The second-order valence-corrected chi connectivity index (χ2v) is 8.51. The van der Waals surface area contributed by atoms with Crippen molar-refractivity contribution in [3.05, 3.63) is 60.2 Å². The molecule has 0 amide bonds. The Labute approximate surface area is 185 Å². The zero-order chi connectivity index (χ0) is 23.0. The molecule has 0 bridgehead atoms. The Morgan fingerprint density at radius 3 is 2.53 bits per heavy atom. The molecule has 1 fully saturated rings. The summed E-state index contributed by atoms with van der Waals surface area (Å²) in [7, 11) is 1.46. The normalized spacial score (nSPS) is 17.4. The molecule has 166 valence electrons. The Hall–Kier alpha value is -3.48. The number of pyridine rings is 1. The van der Waals surface area contributed by atoms with Gasteiger partial charge in [0.05, 0.1) is 24.9 Å². The number of nitrogens with zero attached hydrogens (tertiary/aromatic N) is 2. The smallest absolute Gasteiger partial charge is 0.307 e. The van der Waals surface area contributed by atoms with E-state index in [9.17, 15) is 14.0 Å². The van der Waals surface area contributed by atoms with Crippen LogP contribution in [0.5, 0.6) is 5.75 Å². The molecule has 3 aromatic rings. The molecular formula is C25H25FN2O4. The molecule has 2 atom stereocenters. The number of ether oxygens (including phenoxy) is 1. The van der Waals surface area contributed by atoms with E-state index in [1.54, 1.807) is 30.5 Å². The summed E-state index contributed by atoms with van der Waals surface area (Å²) in [5.41, 5.74) is 1.67. The van der Waals surface area contributed by atoms with E-state index < -0.39 is 17.8 Å². The molecule has 0 aliphatic heterocycles. The summed E-state index contributed by atoms with van der Waals surface area (Å²) < 4.78 is 19.9. The fourth-order valence-electron chi connectivity index (χ4n) is 4.05. The Kier molecular flexibility index (Phi) is 5.82. The molecule has 1 aliphatic rings. The lowest BCUT2D eigenvalue weighted by Gasteiger charge is -2.28. The van der Waals surface area contributed by atoms with Gasteiger partial charge < -0.3 is 14.7 Å². The first-order valence-corrected chi connectivity index (χ1v) is 10.6. The third-order valence-corrected chi connectivity index (χ3v) is 5.73. The monoisotopic (exact) mass is 436 g/mol. The van der Waals surface area contributed by atoms with Crippen molar-refractivity contribution in [1.82, 2.24) is 4.98 Å². The minimum atomic E-state index is -0.967. The fraction of sp³-hybridized carbons (Fsp3) is 0.320. The number of aliphatic carboxylic acids is 1. The van der Waals surface area contributed by atoms with E-state index in [1.807, 2.05) is 17.0 Å². The number of hydrogen-bond acceptors (Lipinski definition) is 5. The van der Waals surface area contributed by atoms with Gasteiger partial charge in [0.25, 0.3) is 0 Å². The zero-order valence-electron chi connectivity index (χ0n) is 18.2. The average molecular weight is 436 g/mol. The van der Waals surface area contributed by atoms with Crippen LogP contribution in [0.25, 0.3) is 10.8 Å².